The Bertz CT molecular complexity index is 1070. The van der Waals surface area contributed by atoms with Crippen LogP contribution in [0.2, 0.25) is 0 Å². The first-order valence-corrected chi connectivity index (χ1v) is 7.03. The van der Waals surface area contributed by atoms with Crippen molar-refractivity contribution in [2.45, 2.75) is 0 Å². The van der Waals surface area contributed by atoms with Crippen LogP contribution in [0.4, 0.5) is 0 Å². The van der Waals surface area contributed by atoms with Gasteiger partial charge in [-0.3, -0.25) is 14.5 Å². The van der Waals surface area contributed by atoms with Crippen LogP contribution in [0.25, 0.3) is 32.8 Å². The molecule has 0 aliphatic rings. The average Bonchev–Trinajstić information content (AvgIpc) is 2.93. The summed E-state index contributed by atoms with van der Waals surface area (Å²) in [5.74, 6) is 0. The highest BCUT2D eigenvalue weighted by atomic mass is 16.1. The zero-order valence-electron chi connectivity index (χ0n) is 12.0. The van der Waals surface area contributed by atoms with Gasteiger partial charge in [0.15, 0.2) is 5.43 Å². The lowest BCUT2D eigenvalue weighted by molar-refractivity contribution is 0.768. The Balaban J connectivity index is 2.09. The minimum absolute atomic E-state index is 0.00819. The van der Waals surface area contributed by atoms with Crippen LogP contribution in [-0.2, 0) is 7.05 Å². The maximum atomic E-state index is 12.8. The van der Waals surface area contributed by atoms with E-state index in [0.29, 0.717) is 16.3 Å². The van der Waals surface area contributed by atoms with Crippen LogP contribution in [0, 0.1) is 0 Å². The van der Waals surface area contributed by atoms with Gasteiger partial charge in [0.1, 0.15) is 0 Å². The number of hydrogen-bond donors (Lipinski definition) is 0. The van der Waals surface area contributed by atoms with Gasteiger partial charge in [-0.05, 0) is 17.5 Å². The second-order valence-electron chi connectivity index (χ2n) is 5.31. The molecular weight excluding hydrogens is 274 g/mol. The molecule has 0 saturated carbocycles. The Morgan fingerprint density at radius 2 is 1.82 bits per heavy atom. The van der Waals surface area contributed by atoms with Gasteiger partial charge in [0.2, 0.25) is 0 Å². The molecule has 2 heterocycles. The van der Waals surface area contributed by atoms with Crippen LogP contribution in [0.15, 0.2) is 65.8 Å². The third-order valence-corrected chi connectivity index (χ3v) is 3.83. The summed E-state index contributed by atoms with van der Waals surface area (Å²) < 4.78 is 1.73. The van der Waals surface area contributed by atoms with Crippen molar-refractivity contribution in [3.8, 4) is 11.1 Å². The lowest BCUT2D eigenvalue weighted by Gasteiger charge is -1.98. The van der Waals surface area contributed by atoms with E-state index in [9.17, 15) is 4.79 Å². The highest BCUT2D eigenvalue weighted by Crippen LogP contribution is 2.21. The van der Waals surface area contributed by atoms with Crippen LogP contribution < -0.4 is 5.43 Å². The summed E-state index contributed by atoms with van der Waals surface area (Å²) in [6.07, 6.45) is 5.46. The van der Waals surface area contributed by atoms with Crippen molar-refractivity contribution in [2.24, 2.45) is 7.05 Å². The minimum Gasteiger partial charge on any atom is -0.289 e. The molecule has 4 aromatic rings. The number of hydrogen-bond acceptors (Lipinski definition) is 3. The van der Waals surface area contributed by atoms with Gasteiger partial charge in [-0.25, -0.2) is 0 Å². The summed E-state index contributed by atoms with van der Waals surface area (Å²) in [5, 5.41) is 6.43. The zero-order chi connectivity index (χ0) is 15.1. The Kier molecular flexibility index (Phi) is 2.76. The minimum atomic E-state index is 0.00819. The molecule has 106 valence electrons. The van der Waals surface area contributed by atoms with Crippen molar-refractivity contribution in [1.82, 2.24) is 14.8 Å². The van der Waals surface area contributed by atoms with E-state index in [-0.39, 0.29) is 5.43 Å². The van der Waals surface area contributed by atoms with Crippen molar-refractivity contribution >= 4 is 21.7 Å². The van der Waals surface area contributed by atoms with Crippen LogP contribution in [0.5, 0.6) is 0 Å². The zero-order valence-corrected chi connectivity index (χ0v) is 12.0. The fourth-order valence-corrected chi connectivity index (χ4v) is 2.68. The maximum absolute atomic E-state index is 12.8. The Morgan fingerprint density at radius 3 is 2.64 bits per heavy atom. The lowest BCUT2D eigenvalue weighted by Crippen LogP contribution is -1.99. The third-order valence-electron chi connectivity index (χ3n) is 3.83. The van der Waals surface area contributed by atoms with E-state index in [1.807, 2.05) is 55.7 Å². The van der Waals surface area contributed by atoms with E-state index in [0.717, 1.165) is 16.5 Å². The Hall–Kier alpha value is -3.01. The molecule has 2 aromatic carbocycles. The highest BCUT2D eigenvalue weighted by molar-refractivity contribution is 5.93. The van der Waals surface area contributed by atoms with E-state index < -0.39 is 0 Å². The van der Waals surface area contributed by atoms with Crippen molar-refractivity contribution in [2.75, 3.05) is 0 Å². The second kappa shape index (κ2) is 4.77. The summed E-state index contributed by atoms with van der Waals surface area (Å²) in [6.45, 7) is 0. The first kappa shape index (κ1) is 12.7. The van der Waals surface area contributed by atoms with E-state index in [1.54, 1.807) is 17.1 Å². The van der Waals surface area contributed by atoms with E-state index in [4.69, 9.17) is 0 Å². The van der Waals surface area contributed by atoms with Gasteiger partial charge in [0, 0.05) is 41.3 Å². The van der Waals surface area contributed by atoms with Gasteiger partial charge >= 0.3 is 0 Å². The quantitative estimate of drug-likeness (QED) is 0.540. The van der Waals surface area contributed by atoms with Crippen LogP contribution in [0.3, 0.4) is 0 Å². The predicted molar refractivity (Wildman–Crippen MR) is 87.7 cm³/mol. The smallest absolute Gasteiger partial charge is 0.195 e. The van der Waals surface area contributed by atoms with E-state index >= 15 is 0 Å². The number of benzene rings is 1. The molecular formula is C18H13N3O. The number of rotatable bonds is 1. The molecule has 0 spiro atoms. The summed E-state index contributed by atoms with van der Waals surface area (Å²) in [5.41, 5.74) is 2.56. The largest absolute Gasteiger partial charge is 0.289 e. The van der Waals surface area contributed by atoms with Gasteiger partial charge < -0.3 is 0 Å². The third kappa shape index (κ3) is 1.97. The molecule has 4 nitrogen and oxygen atoms in total. The van der Waals surface area contributed by atoms with Gasteiger partial charge in [-0.15, -0.1) is 0 Å². The molecule has 0 amide bonds. The molecule has 0 atom stereocenters. The second-order valence-corrected chi connectivity index (χ2v) is 5.31. The SMILES string of the molecule is Cn1cc(-c2cnc3ccc4ccccc4c(=O)c3c2)cn1. The number of fused-ring (bicyclic) bond motifs is 2. The average molecular weight is 287 g/mol. The predicted octanol–water partition coefficient (Wildman–Crippen LogP) is 3.15. The van der Waals surface area contributed by atoms with Crippen LogP contribution in [0.1, 0.15) is 0 Å². The lowest BCUT2D eigenvalue weighted by atomic mass is 10.1. The number of aryl methyl sites for hydroxylation is 1. The molecule has 0 radical (unpaired) electrons. The van der Waals surface area contributed by atoms with Crippen molar-refractivity contribution in [3.05, 3.63) is 71.3 Å². The molecule has 0 fully saturated rings. The topological polar surface area (TPSA) is 47.8 Å². The normalized spacial score (nSPS) is 11.1. The van der Waals surface area contributed by atoms with Crippen molar-refractivity contribution < 1.29 is 0 Å². The highest BCUT2D eigenvalue weighted by Gasteiger charge is 2.06. The van der Waals surface area contributed by atoms with Gasteiger partial charge in [0.25, 0.3) is 0 Å². The summed E-state index contributed by atoms with van der Waals surface area (Å²) in [4.78, 5) is 17.3. The molecule has 0 aliphatic carbocycles. The Labute approximate surface area is 126 Å². The molecule has 2 aromatic heterocycles. The standard InChI is InChI=1S/C18H13N3O/c1-21-11-14(10-20-21)13-8-16-17(19-9-13)7-6-12-4-2-3-5-15(12)18(16)22/h2-11H,1H3. The fourth-order valence-electron chi connectivity index (χ4n) is 2.68. The van der Waals surface area contributed by atoms with Gasteiger partial charge in [-0.2, -0.15) is 5.10 Å². The molecule has 0 saturated heterocycles. The molecule has 22 heavy (non-hydrogen) atoms. The number of nitrogens with zero attached hydrogens (tertiary/aromatic N) is 3. The van der Waals surface area contributed by atoms with E-state index in [2.05, 4.69) is 10.1 Å². The number of pyridine rings is 1. The number of aromatic nitrogens is 3. The fraction of sp³-hybridized carbons (Fsp3) is 0.0556. The molecule has 0 aliphatic heterocycles. The van der Waals surface area contributed by atoms with Crippen LogP contribution in [-0.4, -0.2) is 14.8 Å². The van der Waals surface area contributed by atoms with E-state index in [1.165, 1.54) is 0 Å². The van der Waals surface area contributed by atoms with Gasteiger partial charge in [-0.1, -0.05) is 30.3 Å². The molecule has 0 unspecified atom stereocenters. The van der Waals surface area contributed by atoms with Crippen molar-refractivity contribution in [3.63, 3.8) is 0 Å². The summed E-state index contributed by atoms with van der Waals surface area (Å²) in [7, 11) is 1.87. The Morgan fingerprint density at radius 1 is 0.955 bits per heavy atom. The van der Waals surface area contributed by atoms with Gasteiger partial charge in [0.05, 0.1) is 11.7 Å². The van der Waals surface area contributed by atoms with Crippen molar-refractivity contribution in [1.29, 1.82) is 0 Å². The molecule has 0 bridgehead atoms. The molecule has 4 rings (SSSR count). The molecule has 0 N–H and O–H groups in total. The first-order valence-electron chi connectivity index (χ1n) is 7.03. The van der Waals surface area contributed by atoms with Crippen LogP contribution >= 0.6 is 0 Å². The first-order chi connectivity index (χ1) is 10.7. The monoisotopic (exact) mass is 287 g/mol. The molecule has 4 heteroatoms. The summed E-state index contributed by atoms with van der Waals surface area (Å²) in [6, 6.07) is 13.3. The maximum Gasteiger partial charge on any atom is 0.195 e. The summed E-state index contributed by atoms with van der Waals surface area (Å²) >= 11 is 0.